The van der Waals surface area contributed by atoms with Crippen LogP contribution in [0.2, 0.25) is 0 Å². The van der Waals surface area contributed by atoms with Crippen molar-refractivity contribution in [2.24, 2.45) is 0 Å². The van der Waals surface area contributed by atoms with E-state index < -0.39 is 0 Å². The second-order valence-electron chi connectivity index (χ2n) is 4.77. The minimum atomic E-state index is -0.344. The third-order valence-corrected chi connectivity index (χ3v) is 3.44. The molecule has 20 heavy (non-hydrogen) atoms. The minimum Gasteiger partial charge on any atom is -0.486 e. The van der Waals surface area contributed by atoms with Crippen LogP contribution in [-0.4, -0.2) is 6.04 Å². The van der Waals surface area contributed by atoms with Crippen molar-refractivity contribution >= 4 is 15.9 Å². The molecule has 0 unspecified atom stereocenters. The Kier molecular flexibility index (Phi) is 5.20. The average molecular weight is 342 g/mol. The van der Waals surface area contributed by atoms with Gasteiger partial charge in [-0.15, -0.1) is 0 Å². The molecule has 0 spiro atoms. The molecular weight excluding hydrogens is 325 g/mol. The van der Waals surface area contributed by atoms with Crippen molar-refractivity contribution in [2.45, 2.75) is 33.0 Å². The number of nitrogens with one attached hydrogen (secondary N) is 1. The highest BCUT2D eigenvalue weighted by Crippen LogP contribution is 2.22. The van der Waals surface area contributed by atoms with Gasteiger partial charge in [-0.25, -0.2) is 4.39 Å². The summed E-state index contributed by atoms with van der Waals surface area (Å²) in [5.41, 5.74) is 1.05. The van der Waals surface area contributed by atoms with Crippen molar-refractivity contribution in [3.05, 3.63) is 52.1 Å². The molecule has 1 aromatic carbocycles. The summed E-state index contributed by atoms with van der Waals surface area (Å²) in [5.74, 6) is 0.884. The number of hydrogen-bond donors (Lipinski definition) is 1. The van der Waals surface area contributed by atoms with Gasteiger partial charge in [-0.1, -0.05) is 13.8 Å². The van der Waals surface area contributed by atoms with E-state index in [2.05, 4.69) is 35.1 Å². The number of benzene rings is 1. The Bertz CT molecular complexity index is 569. The molecule has 0 aliphatic heterocycles. The standard InChI is InChI=1S/C15H17BrFNO2/c1-10(2)18-8-11-5-6-19-15(11)9-20-12-3-4-13(16)14(17)7-12/h3-7,10,18H,8-9H2,1-2H3. The summed E-state index contributed by atoms with van der Waals surface area (Å²) >= 11 is 3.11. The molecule has 1 N–H and O–H groups in total. The molecule has 108 valence electrons. The Balaban J connectivity index is 1.96. The molecule has 0 amide bonds. The van der Waals surface area contributed by atoms with E-state index in [9.17, 15) is 4.39 Å². The SMILES string of the molecule is CC(C)NCc1ccoc1COc1ccc(Br)c(F)c1. The first kappa shape index (κ1) is 15.1. The van der Waals surface area contributed by atoms with Gasteiger partial charge < -0.3 is 14.5 Å². The summed E-state index contributed by atoms with van der Waals surface area (Å²) in [4.78, 5) is 0. The van der Waals surface area contributed by atoms with Gasteiger partial charge in [0.1, 0.15) is 23.9 Å². The normalized spacial score (nSPS) is 11.1. The van der Waals surface area contributed by atoms with E-state index >= 15 is 0 Å². The first-order valence-electron chi connectivity index (χ1n) is 6.42. The zero-order valence-corrected chi connectivity index (χ0v) is 13.0. The van der Waals surface area contributed by atoms with Crippen molar-refractivity contribution in [3.8, 4) is 5.75 Å². The lowest BCUT2D eigenvalue weighted by Gasteiger charge is -2.09. The number of halogens is 2. The summed E-state index contributed by atoms with van der Waals surface area (Å²) in [6.07, 6.45) is 1.64. The van der Waals surface area contributed by atoms with Gasteiger partial charge in [0.2, 0.25) is 0 Å². The fraction of sp³-hybridized carbons (Fsp3) is 0.333. The third kappa shape index (κ3) is 4.08. The lowest BCUT2D eigenvalue weighted by Crippen LogP contribution is -2.22. The third-order valence-electron chi connectivity index (χ3n) is 2.80. The van der Waals surface area contributed by atoms with Crippen LogP contribution in [0.15, 0.2) is 39.4 Å². The van der Waals surface area contributed by atoms with Gasteiger partial charge in [-0.05, 0) is 34.1 Å². The maximum Gasteiger partial charge on any atom is 0.146 e. The van der Waals surface area contributed by atoms with Crippen LogP contribution in [0.5, 0.6) is 5.75 Å². The van der Waals surface area contributed by atoms with Gasteiger partial charge in [-0.2, -0.15) is 0 Å². The maximum atomic E-state index is 13.4. The molecule has 1 heterocycles. The summed E-state index contributed by atoms with van der Waals surface area (Å²) < 4.78 is 24.8. The van der Waals surface area contributed by atoms with Crippen LogP contribution < -0.4 is 10.1 Å². The quantitative estimate of drug-likeness (QED) is 0.852. The van der Waals surface area contributed by atoms with E-state index in [-0.39, 0.29) is 12.4 Å². The molecule has 0 aliphatic rings. The first-order chi connectivity index (χ1) is 9.56. The smallest absolute Gasteiger partial charge is 0.146 e. The first-order valence-corrected chi connectivity index (χ1v) is 7.22. The topological polar surface area (TPSA) is 34.4 Å². The van der Waals surface area contributed by atoms with Gasteiger partial charge in [0, 0.05) is 24.2 Å². The monoisotopic (exact) mass is 341 g/mol. The number of furan rings is 1. The maximum absolute atomic E-state index is 13.4. The second-order valence-corrected chi connectivity index (χ2v) is 5.62. The van der Waals surface area contributed by atoms with Crippen molar-refractivity contribution < 1.29 is 13.5 Å². The molecule has 3 nitrogen and oxygen atoms in total. The Morgan fingerprint density at radius 2 is 2.15 bits per heavy atom. The van der Waals surface area contributed by atoms with Crippen molar-refractivity contribution in [3.63, 3.8) is 0 Å². The summed E-state index contributed by atoms with van der Waals surface area (Å²) in [5, 5.41) is 3.32. The number of rotatable bonds is 6. The molecule has 5 heteroatoms. The van der Waals surface area contributed by atoms with Gasteiger partial charge in [0.25, 0.3) is 0 Å². The molecule has 0 fully saturated rings. The predicted molar refractivity (Wildman–Crippen MR) is 79.1 cm³/mol. The van der Waals surface area contributed by atoms with E-state index in [1.54, 1.807) is 18.4 Å². The van der Waals surface area contributed by atoms with E-state index in [0.717, 1.165) is 17.9 Å². The van der Waals surface area contributed by atoms with E-state index in [4.69, 9.17) is 9.15 Å². The fourth-order valence-electron chi connectivity index (χ4n) is 1.68. The molecule has 0 saturated carbocycles. The lowest BCUT2D eigenvalue weighted by atomic mass is 10.2. The molecule has 1 aromatic heterocycles. The largest absolute Gasteiger partial charge is 0.486 e. The summed E-state index contributed by atoms with van der Waals surface area (Å²) in [7, 11) is 0. The van der Waals surface area contributed by atoms with Gasteiger partial charge in [-0.3, -0.25) is 0 Å². The Morgan fingerprint density at radius 1 is 1.35 bits per heavy atom. The van der Waals surface area contributed by atoms with Crippen molar-refractivity contribution in [2.75, 3.05) is 0 Å². The number of ether oxygens (including phenoxy) is 1. The Labute approximate surface area is 126 Å². The lowest BCUT2D eigenvalue weighted by molar-refractivity contribution is 0.266. The number of hydrogen-bond acceptors (Lipinski definition) is 3. The minimum absolute atomic E-state index is 0.281. The van der Waals surface area contributed by atoms with E-state index in [1.807, 2.05) is 6.07 Å². The van der Waals surface area contributed by atoms with Gasteiger partial charge >= 0.3 is 0 Å². The Morgan fingerprint density at radius 3 is 2.85 bits per heavy atom. The van der Waals surface area contributed by atoms with E-state index in [0.29, 0.717) is 16.3 Å². The fourth-order valence-corrected chi connectivity index (χ4v) is 1.93. The van der Waals surface area contributed by atoms with Crippen molar-refractivity contribution in [1.82, 2.24) is 5.32 Å². The van der Waals surface area contributed by atoms with Crippen LogP contribution in [0.3, 0.4) is 0 Å². The van der Waals surface area contributed by atoms with Crippen molar-refractivity contribution in [1.29, 1.82) is 0 Å². The molecule has 0 atom stereocenters. The van der Waals surface area contributed by atoms with Gasteiger partial charge in [0.05, 0.1) is 10.7 Å². The summed E-state index contributed by atoms with van der Waals surface area (Å²) in [6.45, 7) is 5.17. The zero-order valence-electron chi connectivity index (χ0n) is 11.5. The molecule has 0 saturated heterocycles. The highest BCUT2D eigenvalue weighted by atomic mass is 79.9. The highest BCUT2D eigenvalue weighted by Gasteiger charge is 2.08. The second kappa shape index (κ2) is 6.90. The molecule has 2 rings (SSSR count). The van der Waals surface area contributed by atoms with Crippen LogP contribution in [0.1, 0.15) is 25.2 Å². The van der Waals surface area contributed by atoms with Crippen LogP contribution in [0.4, 0.5) is 4.39 Å². The molecule has 0 radical (unpaired) electrons. The van der Waals surface area contributed by atoms with Gasteiger partial charge in [0.15, 0.2) is 0 Å². The predicted octanol–water partition coefficient (Wildman–Crippen LogP) is 4.26. The molecular formula is C15H17BrFNO2. The summed E-state index contributed by atoms with van der Waals surface area (Å²) in [6, 6.07) is 6.99. The molecule has 2 aromatic rings. The van der Waals surface area contributed by atoms with Crippen LogP contribution in [0, 0.1) is 5.82 Å². The Hall–Kier alpha value is -1.33. The average Bonchev–Trinajstić information content (AvgIpc) is 2.85. The highest BCUT2D eigenvalue weighted by molar-refractivity contribution is 9.10. The van der Waals surface area contributed by atoms with Crippen LogP contribution in [-0.2, 0) is 13.2 Å². The van der Waals surface area contributed by atoms with Crippen LogP contribution in [0.25, 0.3) is 0 Å². The molecule has 0 bridgehead atoms. The van der Waals surface area contributed by atoms with E-state index in [1.165, 1.54) is 6.07 Å². The van der Waals surface area contributed by atoms with Crippen LogP contribution >= 0.6 is 15.9 Å². The molecule has 0 aliphatic carbocycles. The zero-order chi connectivity index (χ0) is 14.5.